The quantitative estimate of drug-likeness (QED) is 0.713. The first-order valence-electron chi connectivity index (χ1n) is 10.0. The second-order valence-electron chi connectivity index (χ2n) is 7.83. The summed E-state index contributed by atoms with van der Waals surface area (Å²) in [5.74, 6) is 1.47. The number of H-pyrrole nitrogens is 1. The van der Waals surface area contributed by atoms with E-state index in [-0.39, 0.29) is 23.8 Å². The topological polar surface area (TPSA) is 83.6 Å². The van der Waals surface area contributed by atoms with Crippen LogP contribution >= 0.6 is 0 Å². The molecule has 28 heavy (non-hydrogen) atoms. The van der Waals surface area contributed by atoms with Crippen molar-refractivity contribution in [1.82, 2.24) is 10.3 Å². The summed E-state index contributed by atoms with van der Waals surface area (Å²) >= 11 is 0. The van der Waals surface area contributed by atoms with E-state index < -0.39 is 6.10 Å². The number of aliphatic hydroxyl groups is 1. The monoisotopic (exact) mass is 384 g/mol. The number of ether oxygens (including phenoxy) is 2. The Bertz CT molecular complexity index is 847. The molecule has 1 aromatic carbocycles. The molecule has 4 rings (SSSR count). The minimum atomic E-state index is -0.617. The van der Waals surface area contributed by atoms with Gasteiger partial charge in [-0.1, -0.05) is 12.1 Å². The summed E-state index contributed by atoms with van der Waals surface area (Å²) in [5, 5.41) is 14.1. The maximum Gasteiger partial charge on any atom is 0.169 e. The summed E-state index contributed by atoms with van der Waals surface area (Å²) in [6, 6.07) is 9.36. The van der Waals surface area contributed by atoms with Gasteiger partial charge in [-0.25, -0.2) is 0 Å². The summed E-state index contributed by atoms with van der Waals surface area (Å²) < 4.78 is 11.3. The molecule has 1 fully saturated rings. The molecule has 1 saturated carbocycles. The van der Waals surface area contributed by atoms with Crippen molar-refractivity contribution in [2.24, 2.45) is 5.92 Å². The van der Waals surface area contributed by atoms with Gasteiger partial charge < -0.3 is 24.9 Å². The molecule has 0 spiro atoms. The Morgan fingerprint density at radius 2 is 2.00 bits per heavy atom. The fourth-order valence-electron chi connectivity index (χ4n) is 4.40. The van der Waals surface area contributed by atoms with Crippen LogP contribution in [0.4, 0.5) is 0 Å². The number of rotatable bonds is 6. The first-order valence-corrected chi connectivity index (χ1v) is 10.0. The van der Waals surface area contributed by atoms with Crippen LogP contribution in [-0.2, 0) is 6.42 Å². The van der Waals surface area contributed by atoms with E-state index >= 15 is 0 Å². The molecule has 0 aliphatic heterocycles. The predicted octanol–water partition coefficient (Wildman–Crippen LogP) is 2.64. The molecular weight excluding hydrogens is 356 g/mol. The van der Waals surface area contributed by atoms with Crippen molar-refractivity contribution in [2.75, 3.05) is 13.7 Å². The van der Waals surface area contributed by atoms with Crippen LogP contribution in [0.25, 0.3) is 0 Å². The lowest BCUT2D eigenvalue weighted by Crippen LogP contribution is -2.44. The Morgan fingerprint density at radius 3 is 2.79 bits per heavy atom. The van der Waals surface area contributed by atoms with Crippen LogP contribution in [0.15, 0.2) is 30.3 Å². The molecule has 0 saturated heterocycles. The molecule has 4 atom stereocenters. The number of hydrogen-bond donors (Lipinski definition) is 3. The molecule has 3 N–H and O–H groups in total. The number of benzene rings is 1. The number of fused-ring (bicyclic) bond motifs is 1. The van der Waals surface area contributed by atoms with Crippen LogP contribution in [0.2, 0.25) is 0 Å². The number of aromatic amines is 1. The van der Waals surface area contributed by atoms with Gasteiger partial charge in [0, 0.05) is 35.5 Å². The van der Waals surface area contributed by atoms with Gasteiger partial charge in [0.15, 0.2) is 17.3 Å². The Hall–Kier alpha value is -2.31. The lowest BCUT2D eigenvalue weighted by molar-refractivity contribution is 0.0427. The standard InChI is InChI=1S/C22H28N2O4/c1-13-11-15-16(24-13)8-7-14(21(15)25)12-23-17-9-10-20(22(17)26)28-19-6-4-3-5-18(19)27-2/h3-6,11,14,17,20,22-24,26H,7-10,12H2,1-2H3. The second-order valence-corrected chi connectivity index (χ2v) is 7.83. The van der Waals surface area contributed by atoms with E-state index in [0.29, 0.717) is 18.0 Å². The summed E-state index contributed by atoms with van der Waals surface area (Å²) in [7, 11) is 1.61. The fraction of sp³-hybridized carbons (Fsp3) is 0.500. The van der Waals surface area contributed by atoms with E-state index in [4.69, 9.17) is 9.47 Å². The number of carbonyl (C=O) groups is 1. The minimum Gasteiger partial charge on any atom is -0.493 e. The Labute approximate surface area is 165 Å². The first kappa shape index (κ1) is 19.0. The third kappa shape index (κ3) is 3.66. The highest BCUT2D eigenvalue weighted by atomic mass is 16.5. The molecular formula is C22H28N2O4. The van der Waals surface area contributed by atoms with Crippen molar-refractivity contribution in [3.63, 3.8) is 0 Å². The molecule has 150 valence electrons. The SMILES string of the molecule is COc1ccccc1OC1CCC(NCC2CCc3[nH]c(C)cc3C2=O)C1O. The molecule has 2 aliphatic carbocycles. The summed E-state index contributed by atoms with van der Waals surface area (Å²) in [5.41, 5.74) is 2.93. The first-order chi connectivity index (χ1) is 13.6. The zero-order valence-corrected chi connectivity index (χ0v) is 16.4. The zero-order valence-electron chi connectivity index (χ0n) is 16.4. The Morgan fingerprint density at radius 1 is 1.21 bits per heavy atom. The zero-order chi connectivity index (χ0) is 19.7. The van der Waals surface area contributed by atoms with Gasteiger partial charge in [-0.15, -0.1) is 0 Å². The van der Waals surface area contributed by atoms with E-state index in [0.717, 1.165) is 42.6 Å². The van der Waals surface area contributed by atoms with E-state index in [1.807, 2.05) is 37.3 Å². The van der Waals surface area contributed by atoms with Crippen molar-refractivity contribution in [3.05, 3.63) is 47.3 Å². The number of aromatic nitrogens is 1. The fourth-order valence-corrected chi connectivity index (χ4v) is 4.40. The molecule has 1 aromatic heterocycles. The number of hydrogen-bond acceptors (Lipinski definition) is 5. The normalized spacial score (nSPS) is 26.9. The van der Waals surface area contributed by atoms with Crippen molar-refractivity contribution in [1.29, 1.82) is 0 Å². The number of para-hydroxylation sites is 2. The average molecular weight is 384 g/mol. The van der Waals surface area contributed by atoms with Gasteiger partial charge in [0.05, 0.1) is 7.11 Å². The van der Waals surface area contributed by atoms with Gasteiger partial charge in [-0.05, 0) is 50.8 Å². The second kappa shape index (κ2) is 7.97. The number of aliphatic hydroxyl groups excluding tert-OH is 1. The van der Waals surface area contributed by atoms with Crippen LogP contribution < -0.4 is 14.8 Å². The summed E-state index contributed by atoms with van der Waals surface area (Å²) in [6.07, 6.45) is 2.41. The van der Waals surface area contributed by atoms with Gasteiger partial charge >= 0.3 is 0 Å². The molecule has 1 heterocycles. The third-order valence-electron chi connectivity index (χ3n) is 5.94. The van der Waals surface area contributed by atoms with Crippen LogP contribution in [0.1, 0.15) is 41.0 Å². The summed E-state index contributed by atoms with van der Waals surface area (Å²) in [6.45, 7) is 2.57. The predicted molar refractivity (Wildman–Crippen MR) is 106 cm³/mol. The number of carbonyl (C=O) groups excluding carboxylic acids is 1. The van der Waals surface area contributed by atoms with Crippen molar-refractivity contribution >= 4 is 5.78 Å². The number of nitrogens with one attached hydrogen (secondary N) is 2. The van der Waals surface area contributed by atoms with Gasteiger partial charge in [-0.2, -0.15) is 0 Å². The van der Waals surface area contributed by atoms with E-state index in [1.54, 1.807) is 7.11 Å². The highest BCUT2D eigenvalue weighted by Crippen LogP contribution is 2.32. The van der Waals surface area contributed by atoms with Crippen LogP contribution in [0, 0.1) is 12.8 Å². The molecule has 0 radical (unpaired) electrons. The number of aryl methyl sites for hydroxylation is 2. The van der Waals surface area contributed by atoms with Gasteiger partial charge in [0.1, 0.15) is 12.2 Å². The van der Waals surface area contributed by atoms with E-state index in [9.17, 15) is 9.90 Å². The molecule has 6 nitrogen and oxygen atoms in total. The highest BCUT2D eigenvalue weighted by molar-refractivity contribution is 6.00. The maximum atomic E-state index is 12.7. The van der Waals surface area contributed by atoms with Crippen molar-refractivity contribution in [2.45, 2.75) is 50.9 Å². The highest BCUT2D eigenvalue weighted by Gasteiger charge is 2.37. The minimum absolute atomic E-state index is 0.0379. The lowest BCUT2D eigenvalue weighted by Gasteiger charge is -2.26. The van der Waals surface area contributed by atoms with E-state index in [1.165, 1.54) is 0 Å². The van der Waals surface area contributed by atoms with Gasteiger partial charge in [0.2, 0.25) is 0 Å². The van der Waals surface area contributed by atoms with Crippen LogP contribution in [0.5, 0.6) is 11.5 Å². The number of methoxy groups -OCH3 is 1. The van der Waals surface area contributed by atoms with Crippen LogP contribution in [0.3, 0.4) is 0 Å². The van der Waals surface area contributed by atoms with Gasteiger partial charge in [-0.3, -0.25) is 4.79 Å². The van der Waals surface area contributed by atoms with E-state index in [2.05, 4.69) is 10.3 Å². The molecule has 2 aromatic rings. The molecule has 0 bridgehead atoms. The molecule has 4 unspecified atom stereocenters. The largest absolute Gasteiger partial charge is 0.493 e. The average Bonchev–Trinajstić information content (AvgIpc) is 3.25. The lowest BCUT2D eigenvalue weighted by atomic mass is 9.86. The summed E-state index contributed by atoms with van der Waals surface area (Å²) in [4.78, 5) is 16.0. The Balaban J connectivity index is 1.33. The maximum absolute atomic E-state index is 12.7. The molecule has 2 aliphatic rings. The number of ketones is 1. The van der Waals surface area contributed by atoms with Crippen molar-refractivity contribution < 1.29 is 19.4 Å². The third-order valence-corrected chi connectivity index (χ3v) is 5.94. The number of Topliss-reactive ketones (excluding diaryl/α,β-unsaturated/α-hetero) is 1. The smallest absolute Gasteiger partial charge is 0.169 e. The molecule has 6 heteroatoms. The Kier molecular flexibility index (Phi) is 5.42. The van der Waals surface area contributed by atoms with Gasteiger partial charge in [0.25, 0.3) is 0 Å². The van der Waals surface area contributed by atoms with Crippen LogP contribution in [-0.4, -0.2) is 47.8 Å². The molecule has 0 amide bonds. The van der Waals surface area contributed by atoms with Crippen molar-refractivity contribution in [3.8, 4) is 11.5 Å².